The van der Waals surface area contributed by atoms with Gasteiger partial charge in [0.2, 0.25) is 5.91 Å². The number of aliphatic imine (C=N–C) groups is 1. The Kier molecular flexibility index (Phi) is 9.60. The van der Waals surface area contributed by atoms with E-state index in [4.69, 9.17) is 9.47 Å². The molecule has 1 saturated carbocycles. The van der Waals surface area contributed by atoms with Crippen molar-refractivity contribution in [3.05, 3.63) is 23.8 Å². The van der Waals surface area contributed by atoms with Crippen molar-refractivity contribution in [2.75, 3.05) is 40.9 Å². The van der Waals surface area contributed by atoms with Gasteiger partial charge in [0, 0.05) is 26.7 Å². The summed E-state index contributed by atoms with van der Waals surface area (Å²) in [7, 11) is 5.15. The molecule has 1 fully saturated rings. The highest BCUT2D eigenvalue weighted by Crippen LogP contribution is 2.28. The van der Waals surface area contributed by atoms with Crippen molar-refractivity contribution >= 4 is 11.9 Å². The first kappa shape index (κ1) is 22.8. The molecule has 7 nitrogen and oxygen atoms in total. The van der Waals surface area contributed by atoms with Crippen LogP contribution in [0.4, 0.5) is 0 Å². The van der Waals surface area contributed by atoms with Crippen LogP contribution >= 0.6 is 0 Å². The number of ether oxygens (including phenoxy) is 2. The molecule has 1 aliphatic rings. The number of nitrogens with one attached hydrogen (secondary N) is 2. The molecular weight excluding hydrogens is 368 g/mol. The van der Waals surface area contributed by atoms with E-state index in [0.717, 1.165) is 49.7 Å². The lowest BCUT2D eigenvalue weighted by Gasteiger charge is -2.18. The summed E-state index contributed by atoms with van der Waals surface area (Å²) in [5.74, 6) is 2.28. The Hall–Kier alpha value is -2.44. The molecule has 0 saturated heterocycles. The van der Waals surface area contributed by atoms with Crippen LogP contribution in [-0.4, -0.2) is 63.7 Å². The Balaban J connectivity index is 1.87. The maximum absolute atomic E-state index is 11.9. The van der Waals surface area contributed by atoms with Crippen molar-refractivity contribution < 1.29 is 14.3 Å². The summed E-state index contributed by atoms with van der Waals surface area (Å²) in [6.07, 6.45) is 6.69. The molecule has 29 heavy (non-hydrogen) atoms. The van der Waals surface area contributed by atoms with E-state index in [1.807, 2.05) is 19.1 Å². The number of rotatable bonds is 10. The second-order valence-corrected chi connectivity index (χ2v) is 7.53. The van der Waals surface area contributed by atoms with Gasteiger partial charge in [-0.15, -0.1) is 0 Å². The normalized spacial score (nSPS) is 14.6. The molecule has 1 amide bonds. The molecule has 0 aromatic heterocycles. The van der Waals surface area contributed by atoms with Gasteiger partial charge in [-0.2, -0.15) is 0 Å². The molecule has 0 atom stereocenters. The monoisotopic (exact) mass is 404 g/mol. The molecule has 7 heteroatoms. The highest BCUT2D eigenvalue weighted by molar-refractivity contribution is 5.84. The van der Waals surface area contributed by atoms with Crippen molar-refractivity contribution in [2.24, 2.45) is 4.99 Å². The van der Waals surface area contributed by atoms with Gasteiger partial charge in [0.15, 0.2) is 17.5 Å². The number of guanidine groups is 1. The fourth-order valence-electron chi connectivity index (χ4n) is 3.35. The van der Waals surface area contributed by atoms with Crippen molar-refractivity contribution in [3.63, 3.8) is 0 Å². The first-order chi connectivity index (χ1) is 14.0. The molecular formula is C22H36N4O3. The third-order valence-electron chi connectivity index (χ3n) is 5.03. The number of amides is 1. The van der Waals surface area contributed by atoms with Gasteiger partial charge in [0.25, 0.3) is 0 Å². The summed E-state index contributed by atoms with van der Waals surface area (Å²) in [4.78, 5) is 17.9. The molecule has 0 bridgehead atoms. The number of hydrogen-bond acceptors (Lipinski definition) is 4. The average Bonchev–Trinajstić information content (AvgIpc) is 3.22. The Labute approximate surface area is 174 Å². The number of carbonyl (C=O) groups is 1. The first-order valence-electron chi connectivity index (χ1n) is 10.6. The van der Waals surface area contributed by atoms with Crippen LogP contribution in [0.1, 0.15) is 44.6 Å². The van der Waals surface area contributed by atoms with Crippen molar-refractivity contribution in [3.8, 4) is 11.5 Å². The van der Waals surface area contributed by atoms with Crippen LogP contribution < -0.4 is 20.1 Å². The largest absolute Gasteiger partial charge is 0.493 e. The van der Waals surface area contributed by atoms with E-state index < -0.39 is 0 Å². The first-order valence-corrected chi connectivity index (χ1v) is 10.6. The Morgan fingerprint density at radius 1 is 1.24 bits per heavy atom. The quantitative estimate of drug-likeness (QED) is 0.356. The van der Waals surface area contributed by atoms with Gasteiger partial charge in [-0.05, 0) is 50.3 Å². The number of aryl methyl sites for hydroxylation is 1. The van der Waals surface area contributed by atoms with E-state index in [2.05, 4.69) is 21.7 Å². The molecule has 0 aliphatic heterocycles. The highest BCUT2D eigenvalue weighted by atomic mass is 16.5. The fourth-order valence-corrected chi connectivity index (χ4v) is 3.35. The van der Waals surface area contributed by atoms with Crippen molar-refractivity contribution in [1.82, 2.24) is 15.5 Å². The van der Waals surface area contributed by atoms with Crippen LogP contribution in [0.25, 0.3) is 0 Å². The predicted molar refractivity (Wildman–Crippen MR) is 117 cm³/mol. The molecule has 2 rings (SSSR count). The maximum atomic E-state index is 11.9. The number of hydrogen-bond donors (Lipinski definition) is 2. The van der Waals surface area contributed by atoms with Gasteiger partial charge in [0.1, 0.15) is 6.54 Å². The topological polar surface area (TPSA) is 75.2 Å². The van der Waals surface area contributed by atoms with E-state index in [1.165, 1.54) is 18.4 Å². The van der Waals surface area contributed by atoms with Crippen LogP contribution in [0.15, 0.2) is 23.2 Å². The van der Waals surface area contributed by atoms with E-state index in [9.17, 15) is 4.79 Å². The van der Waals surface area contributed by atoms with Gasteiger partial charge in [-0.3, -0.25) is 4.79 Å². The van der Waals surface area contributed by atoms with Crippen molar-refractivity contribution in [2.45, 2.75) is 51.5 Å². The SMILES string of the molecule is CCOc1cc(CCCNC(=NCC(=O)N(C)C)NC2CCCC2)ccc1OC. The van der Waals surface area contributed by atoms with Gasteiger partial charge in [-0.1, -0.05) is 18.9 Å². The van der Waals surface area contributed by atoms with Gasteiger partial charge < -0.3 is 25.0 Å². The third kappa shape index (κ3) is 7.83. The molecule has 2 N–H and O–H groups in total. The number of carbonyl (C=O) groups excluding carboxylic acids is 1. The van der Waals surface area contributed by atoms with Crippen LogP contribution in [0.3, 0.4) is 0 Å². The van der Waals surface area contributed by atoms with Crippen molar-refractivity contribution in [1.29, 1.82) is 0 Å². The molecule has 0 heterocycles. The summed E-state index contributed by atoms with van der Waals surface area (Å²) < 4.78 is 11.0. The number of methoxy groups -OCH3 is 1. The zero-order chi connectivity index (χ0) is 21.1. The van der Waals surface area contributed by atoms with E-state index in [1.54, 1.807) is 26.1 Å². The van der Waals surface area contributed by atoms with E-state index in [-0.39, 0.29) is 12.5 Å². The average molecular weight is 405 g/mol. The smallest absolute Gasteiger partial charge is 0.243 e. The van der Waals surface area contributed by atoms with Crippen LogP contribution in [-0.2, 0) is 11.2 Å². The predicted octanol–water partition coefficient (Wildman–Crippen LogP) is 2.59. The minimum absolute atomic E-state index is 0.000733. The Bertz CT molecular complexity index is 670. The van der Waals surface area contributed by atoms with E-state index >= 15 is 0 Å². The maximum Gasteiger partial charge on any atom is 0.243 e. The molecule has 162 valence electrons. The van der Waals surface area contributed by atoms with Gasteiger partial charge in [-0.25, -0.2) is 4.99 Å². The molecule has 0 unspecified atom stereocenters. The van der Waals surface area contributed by atoms with Crippen LogP contribution in [0.2, 0.25) is 0 Å². The summed E-state index contributed by atoms with van der Waals surface area (Å²) in [5.41, 5.74) is 1.21. The minimum Gasteiger partial charge on any atom is -0.493 e. The highest BCUT2D eigenvalue weighted by Gasteiger charge is 2.16. The lowest BCUT2D eigenvalue weighted by Crippen LogP contribution is -2.43. The van der Waals surface area contributed by atoms with Crippen LogP contribution in [0.5, 0.6) is 11.5 Å². The number of benzene rings is 1. The summed E-state index contributed by atoms with van der Waals surface area (Å²) in [5, 5.41) is 6.87. The minimum atomic E-state index is -0.000733. The standard InChI is InChI=1S/C22H36N4O3/c1-5-29-20-15-17(12-13-19(20)28-4)9-8-14-23-22(24-16-21(27)26(2)3)25-18-10-6-7-11-18/h12-13,15,18H,5-11,14,16H2,1-4H3,(H2,23,24,25). The zero-order valence-corrected chi connectivity index (χ0v) is 18.3. The Morgan fingerprint density at radius 3 is 2.66 bits per heavy atom. The number of likely N-dealkylation sites (N-methyl/N-ethyl adjacent to an activating group) is 1. The molecule has 1 aromatic carbocycles. The van der Waals surface area contributed by atoms with Crippen LogP contribution in [0, 0.1) is 0 Å². The molecule has 1 aliphatic carbocycles. The molecule has 1 aromatic rings. The summed E-state index contributed by atoms with van der Waals surface area (Å²) in [6.45, 7) is 3.52. The summed E-state index contributed by atoms with van der Waals surface area (Å²) in [6, 6.07) is 6.52. The zero-order valence-electron chi connectivity index (χ0n) is 18.3. The second-order valence-electron chi connectivity index (χ2n) is 7.53. The Morgan fingerprint density at radius 2 is 2.00 bits per heavy atom. The summed E-state index contributed by atoms with van der Waals surface area (Å²) >= 11 is 0. The molecule has 0 spiro atoms. The lowest BCUT2D eigenvalue weighted by molar-refractivity contribution is -0.127. The lowest BCUT2D eigenvalue weighted by atomic mass is 10.1. The van der Waals surface area contributed by atoms with Gasteiger partial charge >= 0.3 is 0 Å². The fraction of sp³-hybridized carbons (Fsp3) is 0.636. The third-order valence-corrected chi connectivity index (χ3v) is 5.03. The number of nitrogens with zero attached hydrogens (tertiary/aromatic N) is 2. The van der Waals surface area contributed by atoms with E-state index in [0.29, 0.717) is 12.6 Å². The second kappa shape index (κ2) is 12.2. The van der Waals surface area contributed by atoms with Gasteiger partial charge in [0.05, 0.1) is 13.7 Å². The molecule has 0 radical (unpaired) electrons.